The lowest BCUT2D eigenvalue weighted by Crippen LogP contribution is -2.00. The Bertz CT molecular complexity index is 761. The normalized spacial score (nSPS) is 10.2. The summed E-state index contributed by atoms with van der Waals surface area (Å²) in [6.07, 6.45) is 0. The second kappa shape index (κ2) is 6.83. The average molecular weight is 446 g/mol. The smallest absolute Gasteiger partial charge is 0.335 e. The lowest BCUT2D eigenvalue weighted by Gasteiger charge is -2.14. The second-order valence-corrected chi connectivity index (χ2v) is 5.07. The molecule has 2 aromatic carbocycles. The van der Waals surface area contributed by atoms with Gasteiger partial charge in [0, 0.05) is 11.1 Å². The summed E-state index contributed by atoms with van der Waals surface area (Å²) in [6.45, 7) is 0. The molecular weight excluding hydrogens is 435 g/mol. The molecule has 0 aromatic heterocycles. The molecule has 126 valence electrons. The van der Waals surface area contributed by atoms with E-state index in [0.717, 1.165) is 24.3 Å². The van der Waals surface area contributed by atoms with E-state index in [-0.39, 0.29) is 33.8 Å². The monoisotopic (exact) mass is 446 g/mol. The SMILES string of the molecule is COc1cc(C(=O)O)cc(-c2cc(C(=O)O)cc(OI)c2O)c1O. The van der Waals surface area contributed by atoms with Crippen LogP contribution in [0.25, 0.3) is 11.1 Å². The van der Waals surface area contributed by atoms with Crippen molar-refractivity contribution >= 4 is 34.9 Å². The summed E-state index contributed by atoms with van der Waals surface area (Å²) in [6, 6.07) is 4.40. The molecule has 2 aromatic rings. The summed E-state index contributed by atoms with van der Waals surface area (Å²) < 4.78 is 9.83. The van der Waals surface area contributed by atoms with Gasteiger partial charge in [-0.15, -0.1) is 0 Å². The number of carbonyl (C=O) groups is 2. The van der Waals surface area contributed by atoms with Crippen LogP contribution in [0.5, 0.6) is 23.0 Å². The number of phenolic OH excluding ortho intramolecular Hbond substituents is 2. The number of carboxylic acids is 2. The minimum atomic E-state index is -1.29. The Kier molecular flexibility index (Phi) is 5.02. The molecule has 9 heteroatoms. The lowest BCUT2D eigenvalue weighted by atomic mass is 9.97. The fourth-order valence-electron chi connectivity index (χ4n) is 2.09. The first kappa shape index (κ1) is 17.7. The molecule has 0 aliphatic carbocycles. The van der Waals surface area contributed by atoms with Crippen molar-refractivity contribution in [3.8, 4) is 34.1 Å². The van der Waals surface area contributed by atoms with Crippen LogP contribution in [-0.4, -0.2) is 39.5 Å². The van der Waals surface area contributed by atoms with Gasteiger partial charge in [-0.05, 0) is 24.3 Å². The Balaban J connectivity index is 2.84. The predicted octanol–water partition coefficient (Wildman–Crippen LogP) is 2.90. The van der Waals surface area contributed by atoms with Gasteiger partial charge in [0.15, 0.2) is 46.0 Å². The fraction of sp³-hybridized carbons (Fsp3) is 0.0667. The Labute approximate surface area is 149 Å². The number of carboxylic acid groups (broad SMARTS) is 2. The molecule has 4 N–H and O–H groups in total. The van der Waals surface area contributed by atoms with E-state index in [1.807, 2.05) is 0 Å². The lowest BCUT2D eigenvalue weighted by molar-refractivity contribution is 0.0685. The molecule has 0 aliphatic heterocycles. The van der Waals surface area contributed by atoms with Gasteiger partial charge in [-0.25, -0.2) is 9.59 Å². The van der Waals surface area contributed by atoms with Crippen LogP contribution in [0.2, 0.25) is 0 Å². The number of halogens is 1. The highest BCUT2D eigenvalue weighted by atomic mass is 127. The molecule has 0 aliphatic rings. The third kappa shape index (κ3) is 3.15. The summed E-state index contributed by atoms with van der Waals surface area (Å²) in [5, 5.41) is 38.8. The Morgan fingerprint density at radius 2 is 1.29 bits per heavy atom. The van der Waals surface area contributed by atoms with Crippen molar-refractivity contribution in [3.05, 3.63) is 35.4 Å². The molecule has 0 spiro atoms. The minimum absolute atomic E-state index is 0.109. The fourth-order valence-corrected chi connectivity index (χ4v) is 2.42. The molecule has 0 saturated heterocycles. The molecule has 0 atom stereocenters. The first-order valence-electron chi connectivity index (χ1n) is 6.33. The van der Waals surface area contributed by atoms with Crippen molar-refractivity contribution in [1.82, 2.24) is 0 Å². The first-order valence-corrected chi connectivity index (χ1v) is 7.21. The molecule has 0 amide bonds. The van der Waals surface area contributed by atoms with Crippen LogP contribution in [0.4, 0.5) is 0 Å². The first-order chi connectivity index (χ1) is 11.3. The van der Waals surface area contributed by atoms with Gasteiger partial charge in [-0.2, -0.15) is 0 Å². The maximum absolute atomic E-state index is 11.2. The Morgan fingerprint density at radius 3 is 1.67 bits per heavy atom. The second-order valence-electron chi connectivity index (χ2n) is 4.63. The molecule has 0 radical (unpaired) electrons. The highest BCUT2D eigenvalue weighted by Crippen LogP contribution is 2.45. The van der Waals surface area contributed by atoms with Gasteiger partial charge in [0.25, 0.3) is 0 Å². The zero-order valence-corrected chi connectivity index (χ0v) is 14.3. The summed E-state index contributed by atoms with van der Waals surface area (Å²) in [4.78, 5) is 22.5. The van der Waals surface area contributed by atoms with Gasteiger partial charge in [0.2, 0.25) is 0 Å². The number of rotatable bonds is 5. The Hall–Kier alpha value is -2.69. The standard InChI is InChI=1S/C15H11IO8/c1-23-10-4-6(14(19)20)2-8(12(10)17)9-3-7(15(21)22)5-11(24-16)13(9)18/h2-5,17-18H,1H3,(H,19,20)(H,21,22). The number of aromatic carboxylic acids is 2. The van der Waals surface area contributed by atoms with Crippen molar-refractivity contribution in [2.45, 2.75) is 0 Å². The zero-order valence-electron chi connectivity index (χ0n) is 12.1. The van der Waals surface area contributed by atoms with Crippen molar-refractivity contribution < 1.29 is 37.8 Å². The molecule has 2 rings (SSSR count). The van der Waals surface area contributed by atoms with E-state index in [1.54, 1.807) is 0 Å². The van der Waals surface area contributed by atoms with Crippen LogP contribution in [0.15, 0.2) is 24.3 Å². The van der Waals surface area contributed by atoms with E-state index in [2.05, 4.69) is 0 Å². The maximum Gasteiger partial charge on any atom is 0.335 e. The number of hydrogen-bond donors (Lipinski definition) is 4. The topological polar surface area (TPSA) is 134 Å². The van der Waals surface area contributed by atoms with Gasteiger partial charge in [-0.1, -0.05) is 0 Å². The van der Waals surface area contributed by atoms with Crippen LogP contribution in [0.3, 0.4) is 0 Å². The minimum Gasteiger partial charge on any atom is -0.504 e. The number of hydrogen-bond acceptors (Lipinski definition) is 6. The number of benzene rings is 2. The van der Waals surface area contributed by atoms with Gasteiger partial charge < -0.3 is 28.2 Å². The number of phenols is 2. The van der Waals surface area contributed by atoms with E-state index >= 15 is 0 Å². The third-order valence-corrected chi connectivity index (χ3v) is 3.71. The quantitative estimate of drug-likeness (QED) is 0.516. The Morgan fingerprint density at radius 1 is 0.875 bits per heavy atom. The molecule has 8 nitrogen and oxygen atoms in total. The van der Waals surface area contributed by atoms with E-state index in [0.29, 0.717) is 0 Å². The van der Waals surface area contributed by atoms with Gasteiger partial charge >= 0.3 is 11.9 Å². The van der Waals surface area contributed by atoms with Crippen LogP contribution in [0.1, 0.15) is 20.7 Å². The summed E-state index contributed by atoms with van der Waals surface area (Å²) in [7, 11) is 1.23. The van der Waals surface area contributed by atoms with Gasteiger partial charge in [-0.3, -0.25) is 0 Å². The highest BCUT2D eigenvalue weighted by molar-refractivity contribution is 14.1. The molecular formula is C15H11IO8. The van der Waals surface area contributed by atoms with E-state index < -0.39 is 23.4 Å². The van der Waals surface area contributed by atoms with Crippen molar-refractivity contribution in [2.24, 2.45) is 0 Å². The van der Waals surface area contributed by atoms with E-state index in [1.165, 1.54) is 30.1 Å². The van der Waals surface area contributed by atoms with Crippen LogP contribution in [0, 0.1) is 0 Å². The summed E-state index contributed by atoms with van der Waals surface area (Å²) in [5.74, 6) is -3.75. The largest absolute Gasteiger partial charge is 0.504 e. The number of methoxy groups -OCH3 is 1. The van der Waals surface area contributed by atoms with Crippen LogP contribution < -0.4 is 7.80 Å². The average Bonchev–Trinajstić information content (AvgIpc) is 2.55. The molecule has 0 unspecified atom stereocenters. The molecule has 0 bridgehead atoms. The molecule has 24 heavy (non-hydrogen) atoms. The zero-order chi connectivity index (χ0) is 18.0. The maximum atomic E-state index is 11.2. The molecule has 0 heterocycles. The predicted molar refractivity (Wildman–Crippen MR) is 90.3 cm³/mol. The molecule has 0 fully saturated rings. The summed E-state index contributed by atoms with van der Waals surface area (Å²) >= 11 is 1.46. The van der Waals surface area contributed by atoms with E-state index in [9.17, 15) is 19.8 Å². The van der Waals surface area contributed by atoms with Crippen molar-refractivity contribution in [2.75, 3.05) is 7.11 Å². The van der Waals surface area contributed by atoms with Crippen molar-refractivity contribution in [3.63, 3.8) is 0 Å². The number of aromatic hydroxyl groups is 2. The van der Waals surface area contributed by atoms with E-state index in [4.69, 9.17) is 18.0 Å². The van der Waals surface area contributed by atoms with Crippen LogP contribution in [-0.2, 0) is 0 Å². The van der Waals surface area contributed by atoms with Crippen molar-refractivity contribution in [1.29, 1.82) is 0 Å². The number of ether oxygens (including phenoxy) is 1. The molecule has 0 saturated carbocycles. The summed E-state index contributed by atoms with van der Waals surface area (Å²) in [5.41, 5.74) is -0.646. The third-order valence-electron chi connectivity index (χ3n) is 3.24. The van der Waals surface area contributed by atoms with Crippen LogP contribution >= 0.6 is 23.0 Å². The van der Waals surface area contributed by atoms with Gasteiger partial charge in [0.1, 0.15) is 0 Å². The van der Waals surface area contributed by atoms with Gasteiger partial charge in [0.05, 0.1) is 18.2 Å². The highest BCUT2D eigenvalue weighted by Gasteiger charge is 2.22.